The Balaban J connectivity index is 3.61. The Hall–Kier alpha value is -0.610. The van der Waals surface area contributed by atoms with Gasteiger partial charge < -0.3 is 15.2 Å². The maximum absolute atomic E-state index is 11.1. The lowest BCUT2D eigenvalue weighted by molar-refractivity contribution is -0.150. The van der Waals surface area contributed by atoms with E-state index in [1.54, 1.807) is 7.05 Å². The molecular formula is C9H19NO3. The lowest BCUT2D eigenvalue weighted by Gasteiger charge is -2.13. The molecule has 0 aromatic carbocycles. The minimum absolute atomic E-state index is 0.0607. The van der Waals surface area contributed by atoms with Crippen LogP contribution in [0.2, 0.25) is 0 Å². The molecule has 0 rings (SSSR count). The molecule has 0 radical (unpaired) electrons. The summed E-state index contributed by atoms with van der Waals surface area (Å²) >= 11 is 0. The van der Waals surface area contributed by atoms with Gasteiger partial charge in [0, 0.05) is 6.54 Å². The first kappa shape index (κ1) is 12.4. The van der Waals surface area contributed by atoms with Gasteiger partial charge in [-0.1, -0.05) is 6.92 Å². The molecule has 2 unspecified atom stereocenters. The van der Waals surface area contributed by atoms with Gasteiger partial charge in [0.1, 0.15) is 0 Å². The zero-order valence-electron chi connectivity index (χ0n) is 8.54. The number of carbonyl (C=O) groups excluding carboxylic acids is 1. The Morgan fingerprint density at radius 2 is 2.23 bits per heavy atom. The molecule has 2 N–H and O–H groups in total. The average molecular weight is 189 g/mol. The second-order valence-electron chi connectivity index (χ2n) is 3.12. The van der Waals surface area contributed by atoms with Gasteiger partial charge in [0.2, 0.25) is 0 Å². The first-order valence-electron chi connectivity index (χ1n) is 4.62. The normalized spacial score (nSPS) is 15.1. The minimum atomic E-state index is -0.651. The molecule has 4 heteroatoms. The summed E-state index contributed by atoms with van der Waals surface area (Å²) in [6, 6.07) is 0. The monoisotopic (exact) mass is 189 g/mol. The molecule has 0 heterocycles. The van der Waals surface area contributed by atoms with Crippen molar-refractivity contribution in [1.29, 1.82) is 0 Å². The van der Waals surface area contributed by atoms with Gasteiger partial charge in [0.25, 0.3) is 0 Å². The van der Waals surface area contributed by atoms with Gasteiger partial charge in [0.15, 0.2) is 0 Å². The third-order valence-corrected chi connectivity index (χ3v) is 1.75. The molecule has 0 spiro atoms. The molecule has 0 fully saturated rings. The molecule has 0 amide bonds. The minimum Gasteiger partial charge on any atom is -0.463 e. The Bertz CT molecular complexity index is 150. The third-order valence-electron chi connectivity index (χ3n) is 1.75. The first-order valence-corrected chi connectivity index (χ1v) is 4.62. The van der Waals surface area contributed by atoms with Crippen LogP contribution in [0.3, 0.4) is 0 Å². The zero-order chi connectivity index (χ0) is 10.3. The van der Waals surface area contributed by atoms with Gasteiger partial charge >= 0.3 is 5.97 Å². The summed E-state index contributed by atoms with van der Waals surface area (Å²) in [7, 11) is 1.73. The topological polar surface area (TPSA) is 58.6 Å². The van der Waals surface area contributed by atoms with Crippen LogP contribution in [0.5, 0.6) is 0 Å². The molecule has 78 valence electrons. The molecule has 0 aromatic heterocycles. The van der Waals surface area contributed by atoms with Gasteiger partial charge in [-0.25, -0.2) is 0 Å². The van der Waals surface area contributed by atoms with Crippen LogP contribution >= 0.6 is 0 Å². The van der Waals surface area contributed by atoms with E-state index in [9.17, 15) is 9.90 Å². The van der Waals surface area contributed by atoms with E-state index in [1.165, 1.54) is 0 Å². The van der Waals surface area contributed by atoms with Gasteiger partial charge in [0.05, 0.1) is 18.6 Å². The smallest absolute Gasteiger partial charge is 0.308 e. The van der Waals surface area contributed by atoms with Crippen LogP contribution in [0.25, 0.3) is 0 Å². The summed E-state index contributed by atoms with van der Waals surface area (Å²) in [6.07, 6.45) is 0.148. The Kier molecular flexibility index (Phi) is 6.54. The predicted octanol–water partition coefficient (Wildman–Crippen LogP) is 0.298. The Labute approximate surface area is 79.3 Å². The van der Waals surface area contributed by atoms with Crippen molar-refractivity contribution in [2.45, 2.75) is 38.9 Å². The largest absolute Gasteiger partial charge is 0.463 e. The maximum atomic E-state index is 11.1. The number of nitrogens with one attached hydrogen (secondary N) is 1. The van der Waals surface area contributed by atoms with Crippen molar-refractivity contribution in [1.82, 2.24) is 5.32 Å². The van der Waals surface area contributed by atoms with E-state index in [0.717, 1.165) is 6.42 Å². The molecule has 0 saturated heterocycles. The number of aliphatic hydroxyl groups is 1. The standard InChI is InChI=1S/C9H19NO3/c1-4-7(2)13-9(12)5-8(11)6-10-3/h7-8,10-11H,4-6H2,1-3H3. The number of hydrogen-bond acceptors (Lipinski definition) is 4. The highest BCUT2D eigenvalue weighted by atomic mass is 16.5. The molecular weight excluding hydrogens is 170 g/mol. The molecule has 2 atom stereocenters. The molecule has 4 nitrogen and oxygen atoms in total. The summed E-state index contributed by atoms with van der Waals surface area (Å²) in [5.74, 6) is -0.336. The summed E-state index contributed by atoms with van der Waals surface area (Å²) in [6.45, 7) is 4.19. The maximum Gasteiger partial charge on any atom is 0.308 e. The highest BCUT2D eigenvalue weighted by molar-refractivity contribution is 5.70. The predicted molar refractivity (Wildman–Crippen MR) is 50.4 cm³/mol. The fraction of sp³-hybridized carbons (Fsp3) is 0.889. The summed E-state index contributed by atoms with van der Waals surface area (Å²) < 4.78 is 4.99. The van der Waals surface area contributed by atoms with E-state index in [0.29, 0.717) is 6.54 Å². The van der Waals surface area contributed by atoms with E-state index in [4.69, 9.17) is 4.74 Å². The van der Waals surface area contributed by atoms with Gasteiger partial charge in [-0.3, -0.25) is 4.79 Å². The molecule has 13 heavy (non-hydrogen) atoms. The Morgan fingerprint density at radius 3 is 2.69 bits per heavy atom. The van der Waals surface area contributed by atoms with Crippen LogP contribution in [0.4, 0.5) is 0 Å². The van der Waals surface area contributed by atoms with E-state index in [2.05, 4.69) is 5.32 Å². The van der Waals surface area contributed by atoms with E-state index in [1.807, 2.05) is 13.8 Å². The molecule has 0 aliphatic heterocycles. The van der Waals surface area contributed by atoms with Crippen molar-refractivity contribution in [2.75, 3.05) is 13.6 Å². The lowest BCUT2D eigenvalue weighted by Crippen LogP contribution is -2.27. The van der Waals surface area contributed by atoms with E-state index < -0.39 is 6.10 Å². The van der Waals surface area contributed by atoms with Crippen LogP contribution < -0.4 is 5.32 Å². The SMILES string of the molecule is CCC(C)OC(=O)CC(O)CNC. The fourth-order valence-corrected chi connectivity index (χ4v) is 0.856. The molecule has 0 aliphatic rings. The molecule has 0 aliphatic carbocycles. The second kappa shape index (κ2) is 6.86. The number of ether oxygens (including phenoxy) is 1. The van der Waals surface area contributed by atoms with Crippen molar-refractivity contribution in [2.24, 2.45) is 0 Å². The van der Waals surface area contributed by atoms with Gasteiger partial charge in [-0.05, 0) is 20.4 Å². The van der Waals surface area contributed by atoms with Crippen molar-refractivity contribution >= 4 is 5.97 Å². The number of rotatable bonds is 6. The highest BCUT2D eigenvalue weighted by Gasteiger charge is 2.12. The Morgan fingerprint density at radius 1 is 1.62 bits per heavy atom. The number of likely N-dealkylation sites (N-methyl/N-ethyl adjacent to an activating group) is 1. The van der Waals surface area contributed by atoms with Crippen LogP contribution in [0.1, 0.15) is 26.7 Å². The van der Waals surface area contributed by atoms with Gasteiger partial charge in [-0.15, -0.1) is 0 Å². The lowest BCUT2D eigenvalue weighted by atomic mass is 10.2. The van der Waals surface area contributed by atoms with Crippen LogP contribution in [-0.2, 0) is 9.53 Å². The fourth-order valence-electron chi connectivity index (χ4n) is 0.856. The molecule has 0 saturated carbocycles. The number of esters is 1. The van der Waals surface area contributed by atoms with Crippen LogP contribution in [0.15, 0.2) is 0 Å². The van der Waals surface area contributed by atoms with Crippen LogP contribution in [0, 0.1) is 0 Å². The third kappa shape index (κ3) is 6.54. The number of carbonyl (C=O) groups is 1. The number of aliphatic hydroxyl groups excluding tert-OH is 1. The molecule has 0 bridgehead atoms. The summed E-state index contributed by atoms with van der Waals surface area (Å²) in [5, 5.41) is 12.0. The van der Waals surface area contributed by atoms with Gasteiger partial charge in [-0.2, -0.15) is 0 Å². The van der Waals surface area contributed by atoms with E-state index in [-0.39, 0.29) is 18.5 Å². The quantitative estimate of drug-likeness (QED) is 0.590. The molecule has 0 aromatic rings. The van der Waals surface area contributed by atoms with Crippen LogP contribution in [-0.4, -0.2) is 36.9 Å². The van der Waals surface area contributed by atoms with Crippen molar-refractivity contribution in [3.63, 3.8) is 0 Å². The van der Waals surface area contributed by atoms with E-state index >= 15 is 0 Å². The zero-order valence-corrected chi connectivity index (χ0v) is 8.54. The van der Waals surface area contributed by atoms with Crippen molar-refractivity contribution < 1.29 is 14.6 Å². The average Bonchev–Trinajstić information content (AvgIpc) is 2.04. The van der Waals surface area contributed by atoms with Crippen molar-refractivity contribution in [3.05, 3.63) is 0 Å². The highest BCUT2D eigenvalue weighted by Crippen LogP contribution is 2.00. The van der Waals surface area contributed by atoms with Crippen molar-refractivity contribution in [3.8, 4) is 0 Å². The second-order valence-corrected chi connectivity index (χ2v) is 3.12. The first-order chi connectivity index (χ1) is 6.10. The summed E-state index contributed by atoms with van der Waals surface area (Å²) in [4.78, 5) is 11.1. The summed E-state index contributed by atoms with van der Waals surface area (Å²) in [5.41, 5.74) is 0. The number of hydrogen-bond donors (Lipinski definition) is 2.